The van der Waals surface area contributed by atoms with Crippen molar-refractivity contribution in [1.29, 1.82) is 0 Å². The molecule has 1 aromatic carbocycles. The van der Waals surface area contributed by atoms with Gasteiger partial charge in [-0.3, -0.25) is 9.71 Å². The lowest BCUT2D eigenvalue weighted by Crippen LogP contribution is -2.16. The van der Waals surface area contributed by atoms with Gasteiger partial charge in [-0.1, -0.05) is 15.9 Å². The van der Waals surface area contributed by atoms with Crippen molar-refractivity contribution in [2.75, 3.05) is 4.72 Å². The summed E-state index contributed by atoms with van der Waals surface area (Å²) in [5.41, 5.74) is -0.368. The molecule has 2 rings (SSSR count). The molecule has 21 heavy (non-hydrogen) atoms. The van der Waals surface area contributed by atoms with E-state index in [1.54, 1.807) is 0 Å². The number of sulfonamides is 1. The Kier molecular flexibility index (Phi) is 4.24. The number of rotatable bonds is 4. The number of benzene rings is 1. The van der Waals surface area contributed by atoms with Crippen molar-refractivity contribution in [3.8, 4) is 0 Å². The Labute approximate surface area is 127 Å². The number of carbonyl (C=O) groups is 1. The molecule has 0 amide bonds. The first-order chi connectivity index (χ1) is 9.79. The fourth-order valence-electron chi connectivity index (χ4n) is 1.53. The fourth-order valence-corrected chi connectivity index (χ4v) is 2.94. The Morgan fingerprint density at radius 3 is 2.62 bits per heavy atom. The van der Waals surface area contributed by atoms with E-state index < -0.39 is 26.7 Å². The lowest BCUT2D eigenvalue weighted by Gasteiger charge is -2.10. The van der Waals surface area contributed by atoms with Crippen LogP contribution in [0.25, 0.3) is 0 Å². The largest absolute Gasteiger partial charge is 0.478 e. The van der Waals surface area contributed by atoms with E-state index in [9.17, 15) is 17.6 Å². The van der Waals surface area contributed by atoms with Crippen LogP contribution < -0.4 is 4.72 Å². The predicted octanol–water partition coefficient (Wildman–Crippen LogP) is 2.48. The number of pyridine rings is 1. The molecular weight excluding hydrogens is 367 g/mol. The summed E-state index contributed by atoms with van der Waals surface area (Å²) in [4.78, 5) is 14.1. The highest BCUT2D eigenvalue weighted by Crippen LogP contribution is 2.24. The maximum absolute atomic E-state index is 13.1. The normalized spacial score (nSPS) is 11.1. The third-order valence-electron chi connectivity index (χ3n) is 2.45. The van der Waals surface area contributed by atoms with E-state index in [0.717, 1.165) is 18.5 Å². The molecule has 110 valence electrons. The Morgan fingerprint density at radius 1 is 1.29 bits per heavy atom. The van der Waals surface area contributed by atoms with Crippen LogP contribution in [0.4, 0.5) is 10.1 Å². The van der Waals surface area contributed by atoms with Gasteiger partial charge in [0.1, 0.15) is 10.7 Å². The molecule has 0 atom stereocenters. The van der Waals surface area contributed by atoms with Gasteiger partial charge in [-0.2, -0.15) is 0 Å². The summed E-state index contributed by atoms with van der Waals surface area (Å²) in [6, 6.07) is 4.79. The smallest absolute Gasteiger partial charge is 0.337 e. The molecule has 1 heterocycles. The maximum Gasteiger partial charge on any atom is 0.337 e. The molecule has 1 aromatic heterocycles. The molecule has 2 aromatic rings. The van der Waals surface area contributed by atoms with Gasteiger partial charge in [0.05, 0.1) is 17.4 Å². The van der Waals surface area contributed by atoms with Crippen LogP contribution in [0.1, 0.15) is 10.4 Å². The van der Waals surface area contributed by atoms with Crippen LogP contribution in [0.3, 0.4) is 0 Å². The van der Waals surface area contributed by atoms with Crippen LogP contribution in [0, 0.1) is 5.82 Å². The van der Waals surface area contributed by atoms with Gasteiger partial charge in [0, 0.05) is 10.7 Å². The van der Waals surface area contributed by atoms with Crippen LogP contribution in [-0.4, -0.2) is 24.5 Å². The first kappa shape index (κ1) is 15.4. The molecule has 0 unspecified atom stereocenters. The highest BCUT2D eigenvalue weighted by Gasteiger charge is 2.19. The van der Waals surface area contributed by atoms with E-state index in [2.05, 4.69) is 25.6 Å². The number of carboxylic acid groups (broad SMARTS) is 1. The number of nitrogens with zero attached hydrogens (tertiary/aromatic N) is 1. The standard InChI is InChI=1S/C12H8BrFN2O4S/c13-7-1-2-10(12(17)18)11(3-7)16-21(19,20)9-4-8(14)5-15-6-9/h1-6,16H,(H,17,18). The van der Waals surface area contributed by atoms with Crippen LogP contribution in [-0.2, 0) is 10.0 Å². The molecule has 0 fully saturated rings. The maximum atomic E-state index is 13.1. The van der Waals surface area contributed by atoms with Gasteiger partial charge in [0.2, 0.25) is 0 Å². The Morgan fingerprint density at radius 2 is 2.00 bits per heavy atom. The highest BCUT2D eigenvalue weighted by atomic mass is 79.9. The van der Waals surface area contributed by atoms with E-state index in [0.29, 0.717) is 4.47 Å². The van der Waals surface area contributed by atoms with Gasteiger partial charge in [-0.25, -0.2) is 17.6 Å². The lowest BCUT2D eigenvalue weighted by atomic mass is 10.2. The zero-order valence-electron chi connectivity index (χ0n) is 10.2. The third-order valence-corrected chi connectivity index (χ3v) is 4.27. The molecule has 2 N–H and O–H groups in total. The third kappa shape index (κ3) is 3.56. The number of halogens is 2. The molecule has 0 bridgehead atoms. The summed E-state index contributed by atoms with van der Waals surface area (Å²) in [6.45, 7) is 0. The molecule has 0 aliphatic rings. The lowest BCUT2D eigenvalue weighted by molar-refractivity contribution is 0.0698. The Balaban J connectivity index is 2.46. The molecule has 9 heteroatoms. The van der Waals surface area contributed by atoms with Crippen molar-refractivity contribution in [2.45, 2.75) is 4.90 Å². The van der Waals surface area contributed by atoms with Gasteiger partial charge in [-0.15, -0.1) is 0 Å². The molecule has 0 aliphatic carbocycles. The van der Waals surface area contributed by atoms with E-state index in [1.807, 2.05) is 0 Å². The monoisotopic (exact) mass is 374 g/mol. The quantitative estimate of drug-likeness (QED) is 0.856. The summed E-state index contributed by atoms with van der Waals surface area (Å²) in [6.07, 6.45) is 1.82. The second-order valence-corrected chi connectivity index (χ2v) is 6.54. The van der Waals surface area contributed by atoms with Gasteiger partial charge in [0.15, 0.2) is 0 Å². The number of nitrogens with one attached hydrogen (secondary N) is 1. The van der Waals surface area contributed by atoms with Crippen molar-refractivity contribution >= 4 is 37.6 Å². The van der Waals surface area contributed by atoms with Gasteiger partial charge >= 0.3 is 5.97 Å². The minimum atomic E-state index is -4.15. The molecule has 0 spiro atoms. The minimum Gasteiger partial charge on any atom is -0.478 e. The predicted molar refractivity (Wildman–Crippen MR) is 76.1 cm³/mol. The number of hydrogen-bond acceptors (Lipinski definition) is 4. The summed E-state index contributed by atoms with van der Waals surface area (Å²) in [5.74, 6) is -2.11. The number of carboxylic acids is 1. The molecule has 0 saturated heterocycles. The number of anilines is 1. The summed E-state index contributed by atoms with van der Waals surface area (Å²) < 4.78 is 39.9. The van der Waals surface area contributed by atoms with Crippen molar-refractivity contribution < 1.29 is 22.7 Å². The molecule has 0 aliphatic heterocycles. The number of aromatic carboxylic acids is 1. The average molecular weight is 375 g/mol. The van der Waals surface area contributed by atoms with Crippen molar-refractivity contribution in [1.82, 2.24) is 4.98 Å². The molecular formula is C12H8BrFN2O4S. The fraction of sp³-hybridized carbons (Fsp3) is 0. The van der Waals surface area contributed by atoms with Crippen LogP contribution in [0.5, 0.6) is 0 Å². The van der Waals surface area contributed by atoms with Crippen molar-refractivity contribution in [2.24, 2.45) is 0 Å². The number of hydrogen-bond donors (Lipinski definition) is 2. The second kappa shape index (κ2) is 5.78. The van der Waals surface area contributed by atoms with Gasteiger partial charge in [0.25, 0.3) is 10.0 Å². The zero-order chi connectivity index (χ0) is 15.6. The van der Waals surface area contributed by atoms with Crippen LogP contribution in [0.2, 0.25) is 0 Å². The topological polar surface area (TPSA) is 96.4 Å². The van der Waals surface area contributed by atoms with Crippen molar-refractivity contribution in [3.05, 3.63) is 52.5 Å². The van der Waals surface area contributed by atoms with Crippen LogP contribution in [0.15, 0.2) is 46.0 Å². The molecule has 0 saturated carbocycles. The van der Waals surface area contributed by atoms with E-state index in [-0.39, 0.29) is 11.3 Å². The second-order valence-electron chi connectivity index (χ2n) is 3.94. The average Bonchev–Trinajstić information content (AvgIpc) is 2.38. The zero-order valence-corrected chi connectivity index (χ0v) is 12.6. The van der Waals surface area contributed by atoms with Gasteiger partial charge in [-0.05, 0) is 24.3 Å². The number of aromatic nitrogens is 1. The van der Waals surface area contributed by atoms with E-state index >= 15 is 0 Å². The molecule has 0 radical (unpaired) electrons. The summed E-state index contributed by atoms with van der Waals surface area (Å²) in [5, 5.41) is 9.05. The van der Waals surface area contributed by atoms with E-state index in [1.165, 1.54) is 18.2 Å². The van der Waals surface area contributed by atoms with Crippen LogP contribution >= 0.6 is 15.9 Å². The SMILES string of the molecule is O=C(O)c1ccc(Br)cc1NS(=O)(=O)c1cncc(F)c1. The highest BCUT2D eigenvalue weighted by molar-refractivity contribution is 9.10. The molecule has 6 nitrogen and oxygen atoms in total. The van der Waals surface area contributed by atoms with Gasteiger partial charge < -0.3 is 5.11 Å². The van der Waals surface area contributed by atoms with Crippen molar-refractivity contribution in [3.63, 3.8) is 0 Å². The Hall–Kier alpha value is -2.00. The summed E-state index contributed by atoms with van der Waals surface area (Å²) >= 11 is 3.12. The van der Waals surface area contributed by atoms with E-state index in [4.69, 9.17) is 5.11 Å². The Bertz CT molecular complexity index is 811. The first-order valence-electron chi connectivity index (χ1n) is 5.46. The minimum absolute atomic E-state index is 0.138. The first-order valence-corrected chi connectivity index (χ1v) is 7.73. The summed E-state index contributed by atoms with van der Waals surface area (Å²) in [7, 11) is -4.15.